The number of nitrogens with zero attached hydrogens (tertiary/aromatic N) is 4. The third-order valence-corrected chi connectivity index (χ3v) is 6.59. The third-order valence-electron chi connectivity index (χ3n) is 6.59. The Hall–Kier alpha value is -3.28. The minimum Gasteiger partial charge on any atom is -0.341 e. The Labute approximate surface area is 175 Å². The van der Waals surface area contributed by atoms with Crippen LogP contribution < -0.4 is 5.56 Å². The molecule has 6 heteroatoms. The topological polar surface area (TPSA) is 68.1 Å². The fourth-order valence-electron chi connectivity index (χ4n) is 4.79. The zero-order chi connectivity index (χ0) is 20.7. The van der Waals surface area contributed by atoms with Gasteiger partial charge >= 0.3 is 0 Å². The number of fused-ring (bicyclic) bond motifs is 2. The predicted octanol–water partition coefficient (Wildman–Crippen LogP) is 2.73. The van der Waals surface area contributed by atoms with E-state index in [2.05, 4.69) is 10.2 Å². The molecular weight excluding hydrogens is 376 g/mol. The molecule has 1 aromatic heterocycles. The highest BCUT2D eigenvalue weighted by molar-refractivity contribution is 5.79. The largest absolute Gasteiger partial charge is 0.341 e. The Bertz CT molecular complexity index is 1170. The maximum atomic E-state index is 13.1. The summed E-state index contributed by atoms with van der Waals surface area (Å²) in [6.45, 7) is 3.97. The molecule has 2 aromatic carbocycles. The molecule has 6 nitrogen and oxygen atoms in total. The molecule has 2 aliphatic heterocycles. The van der Waals surface area contributed by atoms with Crippen molar-refractivity contribution in [3.63, 3.8) is 0 Å². The lowest BCUT2D eigenvalue weighted by Crippen LogP contribution is -2.36. The number of rotatable bonds is 3. The van der Waals surface area contributed by atoms with Crippen molar-refractivity contribution in [2.75, 3.05) is 13.1 Å². The Morgan fingerprint density at radius 1 is 1.00 bits per heavy atom. The van der Waals surface area contributed by atoms with Crippen molar-refractivity contribution in [1.82, 2.24) is 19.7 Å². The minimum atomic E-state index is -0.261. The molecule has 5 rings (SSSR count). The number of hydrogen-bond acceptors (Lipinski definition) is 4. The van der Waals surface area contributed by atoms with Crippen molar-refractivity contribution in [3.8, 4) is 11.3 Å². The first-order valence-electron chi connectivity index (χ1n) is 10.4. The Morgan fingerprint density at radius 2 is 1.73 bits per heavy atom. The Morgan fingerprint density at radius 3 is 2.53 bits per heavy atom. The van der Waals surface area contributed by atoms with Crippen molar-refractivity contribution < 1.29 is 4.79 Å². The molecule has 1 amide bonds. The summed E-state index contributed by atoms with van der Waals surface area (Å²) in [4.78, 5) is 28.0. The van der Waals surface area contributed by atoms with Gasteiger partial charge in [0.2, 0.25) is 5.91 Å². The smallest absolute Gasteiger partial charge is 0.280 e. The number of aromatic nitrogens is 3. The molecule has 0 unspecified atom stereocenters. The number of carbonyl (C=O) groups is 1. The SMILES string of the molecule is Cc1ccccc1CC(=O)N1CC[C@@]2(CCn3c2nnc(-c2ccccc2)c3=O)C1. The van der Waals surface area contributed by atoms with E-state index < -0.39 is 0 Å². The Kier molecular flexibility index (Phi) is 4.50. The van der Waals surface area contributed by atoms with Crippen molar-refractivity contribution in [3.05, 3.63) is 81.9 Å². The van der Waals surface area contributed by atoms with Crippen LogP contribution in [0.3, 0.4) is 0 Å². The normalized spacial score (nSPS) is 20.0. The van der Waals surface area contributed by atoms with E-state index in [-0.39, 0.29) is 16.9 Å². The first kappa shape index (κ1) is 18.7. The van der Waals surface area contributed by atoms with Gasteiger partial charge in [0.05, 0.1) is 11.8 Å². The van der Waals surface area contributed by atoms with Gasteiger partial charge in [0, 0.05) is 25.2 Å². The molecule has 0 N–H and O–H groups in total. The highest BCUT2D eigenvalue weighted by Crippen LogP contribution is 2.40. The van der Waals surface area contributed by atoms with Crippen LogP contribution in [0.4, 0.5) is 0 Å². The number of hydrogen-bond donors (Lipinski definition) is 0. The summed E-state index contributed by atoms with van der Waals surface area (Å²) in [6.07, 6.45) is 2.06. The van der Waals surface area contributed by atoms with Crippen LogP contribution in [-0.2, 0) is 23.2 Å². The number of likely N-dealkylation sites (tertiary alicyclic amines) is 1. The fourth-order valence-corrected chi connectivity index (χ4v) is 4.79. The van der Waals surface area contributed by atoms with Gasteiger partial charge in [0.1, 0.15) is 5.82 Å². The van der Waals surface area contributed by atoms with Gasteiger partial charge in [0.25, 0.3) is 5.56 Å². The summed E-state index contributed by atoms with van der Waals surface area (Å²) in [5, 5.41) is 8.80. The molecular formula is C24H24N4O2. The fraction of sp³-hybridized carbons (Fsp3) is 0.333. The van der Waals surface area contributed by atoms with Crippen LogP contribution in [-0.4, -0.2) is 38.7 Å². The van der Waals surface area contributed by atoms with Gasteiger partial charge in [-0.05, 0) is 30.9 Å². The second-order valence-electron chi connectivity index (χ2n) is 8.39. The van der Waals surface area contributed by atoms with Crippen molar-refractivity contribution in [2.45, 2.75) is 38.1 Å². The molecule has 3 heterocycles. The second-order valence-corrected chi connectivity index (χ2v) is 8.39. The molecule has 1 atom stereocenters. The van der Waals surface area contributed by atoms with Crippen LogP contribution in [0.25, 0.3) is 11.3 Å². The van der Waals surface area contributed by atoms with E-state index in [9.17, 15) is 9.59 Å². The van der Waals surface area contributed by atoms with E-state index in [1.54, 1.807) is 4.57 Å². The van der Waals surface area contributed by atoms with Gasteiger partial charge in [-0.3, -0.25) is 14.2 Å². The van der Waals surface area contributed by atoms with E-state index in [0.29, 0.717) is 31.7 Å². The first-order valence-corrected chi connectivity index (χ1v) is 10.4. The average Bonchev–Trinajstić information content (AvgIpc) is 3.36. The maximum absolute atomic E-state index is 13.1. The highest BCUT2D eigenvalue weighted by atomic mass is 16.2. The summed E-state index contributed by atoms with van der Waals surface area (Å²) in [6, 6.07) is 17.5. The lowest BCUT2D eigenvalue weighted by atomic mass is 9.85. The van der Waals surface area contributed by atoms with Gasteiger partial charge < -0.3 is 4.90 Å². The van der Waals surface area contributed by atoms with Crippen molar-refractivity contribution in [1.29, 1.82) is 0 Å². The zero-order valence-electron chi connectivity index (χ0n) is 17.0. The molecule has 0 saturated carbocycles. The molecule has 1 spiro atoms. The van der Waals surface area contributed by atoms with E-state index in [0.717, 1.165) is 35.4 Å². The van der Waals surface area contributed by atoms with Gasteiger partial charge in [-0.2, -0.15) is 0 Å². The van der Waals surface area contributed by atoms with Crippen LogP contribution >= 0.6 is 0 Å². The van der Waals surface area contributed by atoms with Gasteiger partial charge in [-0.1, -0.05) is 54.6 Å². The lowest BCUT2D eigenvalue weighted by molar-refractivity contribution is -0.129. The van der Waals surface area contributed by atoms with Gasteiger partial charge in [-0.15, -0.1) is 10.2 Å². The maximum Gasteiger partial charge on any atom is 0.280 e. The summed E-state index contributed by atoms with van der Waals surface area (Å²) >= 11 is 0. The van der Waals surface area contributed by atoms with Crippen LogP contribution in [0, 0.1) is 6.92 Å². The first-order chi connectivity index (χ1) is 14.6. The second kappa shape index (κ2) is 7.20. The average molecular weight is 400 g/mol. The molecule has 1 fully saturated rings. The number of carbonyl (C=O) groups excluding carboxylic acids is 1. The summed E-state index contributed by atoms with van der Waals surface area (Å²) < 4.78 is 1.77. The van der Waals surface area contributed by atoms with Crippen LogP contribution in [0.5, 0.6) is 0 Å². The van der Waals surface area contributed by atoms with E-state index in [1.807, 2.05) is 66.4 Å². The highest BCUT2D eigenvalue weighted by Gasteiger charge is 2.48. The van der Waals surface area contributed by atoms with Crippen molar-refractivity contribution >= 4 is 5.91 Å². The Balaban J connectivity index is 1.40. The van der Waals surface area contributed by atoms with E-state index in [4.69, 9.17) is 0 Å². The lowest BCUT2D eigenvalue weighted by Gasteiger charge is -2.23. The van der Waals surface area contributed by atoms with Gasteiger partial charge in [0.15, 0.2) is 5.69 Å². The molecule has 152 valence electrons. The minimum absolute atomic E-state index is 0.0900. The van der Waals surface area contributed by atoms with E-state index >= 15 is 0 Å². The molecule has 1 saturated heterocycles. The molecule has 3 aromatic rings. The number of benzene rings is 2. The zero-order valence-corrected chi connectivity index (χ0v) is 17.0. The molecule has 0 bridgehead atoms. The number of aryl methyl sites for hydroxylation is 1. The third kappa shape index (κ3) is 3.03. The van der Waals surface area contributed by atoms with E-state index in [1.165, 1.54) is 0 Å². The summed E-state index contributed by atoms with van der Waals surface area (Å²) in [5.41, 5.74) is 3.03. The quantitative estimate of drug-likeness (QED) is 0.678. The van der Waals surface area contributed by atoms with Gasteiger partial charge in [-0.25, -0.2) is 0 Å². The monoisotopic (exact) mass is 400 g/mol. The molecule has 0 radical (unpaired) electrons. The molecule has 0 aliphatic carbocycles. The summed E-state index contributed by atoms with van der Waals surface area (Å²) in [5.74, 6) is 0.870. The molecule has 2 aliphatic rings. The number of amides is 1. The summed E-state index contributed by atoms with van der Waals surface area (Å²) in [7, 11) is 0. The molecule has 30 heavy (non-hydrogen) atoms. The van der Waals surface area contributed by atoms with Crippen LogP contribution in [0.2, 0.25) is 0 Å². The van der Waals surface area contributed by atoms with Crippen LogP contribution in [0.1, 0.15) is 29.8 Å². The van der Waals surface area contributed by atoms with Crippen LogP contribution in [0.15, 0.2) is 59.4 Å². The predicted molar refractivity (Wildman–Crippen MR) is 114 cm³/mol. The standard InChI is InChI=1S/C24H24N4O2/c1-17-7-5-6-10-19(17)15-20(29)27-13-11-24(16-27)12-14-28-22(30)21(25-26-23(24)28)18-8-3-2-4-9-18/h2-10H,11-16H2,1H3/t24-/m1/s1. The van der Waals surface area contributed by atoms with Crippen molar-refractivity contribution in [2.24, 2.45) is 0 Å².